The Hall–Kier alpha value is -2.18. The van der Waals surface area contributed by atoms with Crippen LogP contribution in [0.15, 0.2) is 29.2 Å². The highest BCUT2D eigenvalue weighted by Crippen LogP contribution is 2.15. The number of aromatic nitrogens is 1. The average Bonchev–Trinajstić information content (AvgIpc) is 2.51. The molecule has 1 aromatic carbocycles. The third-order valence-corrected chi connectivity index (χ3v) is 4.27. The Morgan fingerprint density at radius 1 is 1.45 bits per heavy atom. The number of aryl methyl sites for hydroxylation is 1. The molecule has 0 spiro atoms. The lowest BCUT2D eigenvalue weighted by atomic mass is 10.0. The Bertz CT molecular complexity index is 784. The molecule has 1 aliphatic rings. The minimum Gasteiger partial charge on any atom is -0.390 e. The molecule has 1 amide bonds. The predicted molar refractivity (Wildman–Crippen MR) is 83.8 cm³/mol. The number of fused-ring (bicyclic) bond motifs is 1. The van der Waals surface area contributed by atoms with Crippen LogP contribution in [0.4, 0.5) is 0 Å². The van der Waals surface area contributed by atoms with Crippen LogP contribution in [0.5, 0.6) is 0 Å². The van der Waals surface area contributed by atoms with Gasteiger partial charge >= 0.3 is 0 Å². The van der Waals surface area contributed by atoms with Gasteiger partial charge in [-0.25, -0.2) is 0 Å². The topological polar surface area (TPSA) is 99.4 Å². The normalized spacial score (nSPS) is 22.0. The number of aliphatic hydroxyl groups excluding tert-OH is 1. The van der Waals surface area contributed by atoms with Gasteiger partial charge in [-0.2, -0.15) is 0 Å². The molecule has 2 heterocycles. The van der Waals surface area contributed by atoms with Crippen LogP contribution < -0.4 is 11.2 Å². The number of rotatable bonds is 1. The molecule has 4 N–H and O–H groups in total. The van der Waals surface area contributed by atoms with Gasteiger partial charge < -0.3 is 20.7 Å². The molecule has 6 heteroatoms. The van der Waals surface area contributed by atoms with Crippen molar-refractivity contribution in [2.45, 2.75) is 25.5 Å². The van der Waals surface area contributed by atoms with Crippen molar-refractivity contribution in [3.05, 3.63) is 45.7 Å². The number of β-amino-alcohol motifs (C(OH)–C–C–N with tert-alkyl or cyclic N) is 1. The summed E-state index contributed by atoms with van der Waals surface area (Å²) in [6.07, 6.45) is 1.23. The van der Waals surface area contributed by atoms with Crippen LogP contribution in [0.25, 0.3) is 10.9 Å². The molecular weight excluding hydrogens is 282 g/mol. The number of likely N-dealkylation sites (tertiary alicyclic amines) is 1. The molecule has 0 aliphatic carbocycles. The number of pyridine rings is 1. The van der Waals surface area contributed by atoms with Crippen molar-refractivity contribution < 1.29 is 9.90 Å². The van der Waals surface area contributed by atoms with Crippen LogP contribution in [0.3, 0.4) is 0 Å². The summed E-state index contributed by atoms with van der Waals surface area (Å²) in [4.78, 5) is 29.6. The van der Waals surface area contributed by atoms with Crippen molar-refractivity contribution in [1.82, 2.24) is 9.88 Å². The number of aromatic amines is 1. The average molecular weight is 301 g/mol. The number of aliphatic hydroxyl groups is 1. The minimum atomic E-state index is -0.750. The number of piperidine rings is 1. The maximum Gasteiger partial charge on any atom is 0.259 e. The highest BCUT2D eigenvalue weighted by molar-refractivity contribution is 5.97. The minimum absolute atomic E-state index is 0.0979. The van der Waals surface area contributed by atoms with Crippen LogP contribution in [0.1, 0.15) is 22.3 Å². The zero-order chi connectivity index (χ0) is 15.9. The van der Waals surface area contributed by atoms with E-state index in [9.17, 15) is 14.7 Å². The van der Waals surface area contributed by atoms with Crippen LogP contribution in [0, 0.1) is 6.92 Å². The Morgan fingerprint density at radius 3 is 2.95 bits per heavy atom. The summed E-state index contributed by atoms with van der Waals surface area (Å²) < 4.78 is 0. The van der Waals surface area contributed by atoms with E-state index in [2.05, 4.69) is 4.98 Å². The summed E-state index contributed by atoms with van der Waals surface area (Å²) in [6, 6.07) is 5.09. The number of H-pyrrole nitrogens is 1. The first-order valence-corrected chi connectivity index (χ1v) is 7.33. The number of carbonyl (C=O) groups excluding carboxylic acids is 1. The second-order valence-electron chi connectivity index (χ2n) is 5.80. The first-order valence-electron chi connectivity index (χ1n) is 7.33. The summed E-state index contributed by atoms with van der Waals surface area (Å²) >= 11 is 0. The molecule has 22 heavy (non-hydrogen) atoms. The van der Waals surface area contributed by atoms with Crippen molar-refractivity contribution in [2.24, 2.45) is 5.73 Å². The van der Waals surface area contributed by atoms with Gasteiger partial charge in [-0.1, -0.05) is 12.1 Å². The van der Waals surface area contributed by atoms with E-state index in [4.69, 9.17) is 5.73 Å². The van der Waals surface area contributed by atoms with Crippen molar-refractivity contribution in [1.29, 1.82) is 0 Å². The first-order chi connectivity index (χ1) is 10.5. The molecule has 0 bridgehead atoms. The summed E-state index contributed by atoms with van der Waals surface area (Å²) in [7, 11) is 0. The van der Waals surface area contributed by atoms with Gasteiger partial charge in [0.15, 0.2) is 0 Å². The van der Waals surface area contributed by atoms with E-state index in [-0.39, 0.29) is 29.5 Å². The van der Waals surface area contributed by atoms with Gasteiger partial charge in [0.25, 0.3) is 5.91 Å². The number of para-hydroxylation sites is 1. The van der Waals surface area contributed by atoms with E-state index in [1.165, 1.54) is 11.1 Å². The van der Waals surface area contributed by atoms with E-state index in [1.54, 1.807) is 12.1 Å². The number of nitrogens with one attached hydrogen (secondary N) is 1. The Kier molecular flexibility index (Phi) is 3.72. The summed E-state index contributed by atoms with van der Waals surface area (Å²) in [6.45, 7) is 2.51. The smallest absolute Gasteiger partial charge is 0.259 e. The fourth-order valence-electron chi connectivity index (χ4n) is 2.87. The van der Waals surface area contributed by atoms with Crippen molar-refractivity contribution in [3.63, 3.8) is 0 Å². The predicted octanol–water partition coefficient (Wildman–Crippen LogP) is 0.371. The molecule has 2 aromatic rings. The number of hydrogen-bond acceptors (Lipinski definition) is 4. The van der Waals surface area contributed by atoms with Gasteiger partial charge in [-0.15, -0.1) is 0 Å². The Morgan fingerprint density at radius 2 is 2.23 bits per heavy atom. The maximum absolute atomic E-state index is 12.6. The van der Waals surface area contributed by atoms with Gasteiger partial charge in [-0.05, 0) is 25.0 Å². The third-order valence-electron chi connectivity index (χ3n) is 4.27. The lowest BCUT2D eigenvalue weighted by molar-refractivity contribution is 0.0394. The largest absolute Gasteiger partial charge is 0.390 e. The number of amides is 1. The van der Waals surface area contributed by atoms with E-state index in [0.29, 0.717) is 18.4 Å². The van der Waals surface area contributed by atoms with E-state index >= 15 is 0 Å². The number of carbonyl (C=O) groups is 1. The number of nitrogens with two attached hydrogens (primary N) is 1. The summed E-state index contributed by atoms with van der Waals surface area (Å²) in [5.74, 6) is -0.365. The second kappa shape index (κ2) is 5.55. The van der Waals surface area contributed by atoms with E-state index < -0.39 is 6.10 Å². The van der Waals surface area contributed by atoms with Crippen LogP contribution in [-0.4, -0.2) is 46.1 Å². The molecule has 1 saturated heterocycles. The van der Waals surface area contributed by atoms with Gasteiger partial charge in [0.1, 0.15) is 5.56 Å². The van der Waals surface area contributed by atoms with E-state index in [0.717, 1.165) is 11.1 Å². The van der Waals surface area contributed by atoms with Crippen molar-refractivity contribution in [2.75, 3.05) is 13.1 Å². The number of benzene rings is 1. The summed E-state index contributed by atoms with van der Waals surface area (Å²) in [5, 5.41) is 10.3. The standard InChI is InChI=1S/C16H19N3O3/c1-9-3-2-4-10-14(9)18-7-11(15(10)21)16(22)19-6-5-12(17)13(20)8-19/h2-4,7,12-13,20H,5-6,8,17H2,1H3,(H,18,21)/t12-,13-/m1/s1. The Labute approximate surface area is 127 Å². The molecule has 3 rings (SSSR count). The molecule has 1 aliphatic heterocycles. The quantitative estimate of drug-likeness (QED) is 0.708. The Balaban J connectivity index is 1.98. The van der Waals surface area contributed by atoms with Gasteiger partial charge in [0.2, 0.25) is 5.43 Å². The highest BCUT2D eigenvalue weighted by Gasteiger charge is 2.29. The number of hydrogen-bond donors (Lipinski definition) is 3. The molecule has 6 nitrogen and oxygen atoms in total. The fraction of sp³-hybridized carbons (Fsp3) is 0.375. The second-order valence-corrected chi connectivity index (χ2v) is 5.80. The van der Waals surface area contributed by atoms with Crippen LogP contribution in [-0.2, 0) is 0 Å². The van der Waals surface area contributed by atoms with Crippen LogP contribution >= 0.6 is 0 Å². The first kappa shape index (κ1) is 14.7. The fourth-order valence-corrected chi connectivity index (χ4v) is 2.87. The molecule has 1 fully saturated rings. The number of nitrogens with zero attached hydrogens (tertiary/aromatic N) is 1. The monoisotopic (exact) mass is 301 g/mol. The van der Waals surface area contributed by atoms with Crippen molar-refractivity contribution in [3.8, 4) is 0 Å². The third kappa shape index (κ3) is 2.40. The van der Waals surface area contributed by atoms with Crippen molar-refractivity contribution >= 4 is 16.8 Å². The molecule has 1 aromatic heterocycles. The van der Waals surface area contributed by atoms with Gasteiger partial charge in [0, 0.05) is 30.7 Å². The van der Waals surface area contributed by atoms with Crippen LogP contribution in [0.2, 0.25) is 0 Å². The molecular formula is C16H19N3O3. The zero-order valence-electron chi connectivity index (χ0n) is 12.4. The van der Waals surface area contributed by atoms with E-state index in [1.807, 2.05) is 13.0 Å². The zero-order valence-corrected chi connectivity index (χ0v) is 12.4. The lowest BCUT2D eigenvalue weighted by Crippen LogP contribution is -2.52. The van der Waals surface area contributed by atoms with Gasteiger partial charge in [-0.3, -0.25) is 9.59 Å². The molecule has 0 saturated carbocycles. The molecule has 2 atom stereocenters. The SMILES string of the molecule is Cc1cccc2c(=O)c(C(=O)N3CC[C@@H](N)[C@H](O)C3)c[nH]c12. The maximum atomic E-state index is 12.6. The summed E-state index contributed by atoms with van der Waals surface area (Å²) in [5.41, 5.74) is 7.25. The molecule has 116 valence electrons. The lowest BCUT2D eigenvalue weighted by Gasteiger charge is -2.34. The molecule has 0 unspecified atom stereocenters. The molecule has 0 radical (unpaired) electrons. The van der Waals surface area contributed by atoms with Gasteiger partial charge in [0.05, 0.1) is 11.6 Å². The highest BCUT2D eigenvalue weighted by atomic mass is 16.3.